The van der Waals surface area contributed by atoms with E-state index in [9.17, 15) is 20.1 Å². The first-order valence-corrected chi connectivity index (χ1v) is 10.1. The Labute approximate surface area is 188 Å². The number of carbonyl (C=O) groups excluding carboxylic acids is 2. The number of carbonyl (C=O) groups is 2. The number of methoxy groups -OCH3 is 1. The Morgan fingerprint density at radius 1 is 1.03 bits per heavy atom. The topological polar surface area (TPSA) is 142 Å². The Morgan fingerprint density at radius 2 is 1.66 bits per heavy atom. The number of nitriles is 2. The number of hydrogen-bond donors (Lipinski definition) is 2. The molecule has 0 radical (unpaired) electrons. The lowest BCUT2D eigenvalue weighted by molar-refractivity contribution is -0.114. The van der Waals surface area contributed by atoms with Crippen molar-refractivity contribution in [2.45, 2.75) is 16.8 Å². The predicted octanol–water partition coefficient (Wildman–Crippen LogP) is 3.97. The lowest BCUT2D eigenvalue weighted by atomic mass is 9.96. The SMILES string of the molecule is COC(=O)c1ccc(-c2c(C#N)c(N)nc(Sc3ccc(NC(C)=O)cc3)c2C#N)cc1. The van der Waals surface area contributed by atoms with E-state index in [0.717, 1.165) is 4.90 Å². The monoisotopic (exact) mass is 443 g/mol. The van der Waals surface area contributed by atoms with Gasteiger partial charge in [0.15, 0.2) is 0 Å². The summed E-state index contributed by atoms with van der Waals surface area (Å²) in [5.41, 5.74) is 8.19. The summed E-state index contributed by atoms with van der Waals surface area (Å²) in [6.45, 7) is 1.42. The highest BCUT2D eigenvalue weighted by molar-refractivity contribution is 7.99. The van der Waals surface area contributed by atoms with Crippen LogP contribution >= 0.6 is 11.8 Å². The van der Waals surface area contributed by atoms with Crippen molar-refractivity contribution >= 4 is 35.1 Å². The van der Waals surface area contributed by atoms with E-state index in [2.05, 4.69) is 16.4 Å². The van der Waals surface area contributed by atoms with Gasteiger partial charge < -0.3 is 15.8 Å². The van der Waals surface area contributed by atoms with Crippen LogP contribution in [0.3, 0.4) is 0 Å². The van der Waals surface area contributed by atoms with Gasteiger partial charge >= 0.3 is 5.97 Å². The number of nitrogens with one attached hydrogen (secondary N) is 1. The van der Waals surface area contributed by atoms with Crippen LogP contribution in [0.25, 0.3) is 11.1 Å². The highest BCUT2D eigenvalue weighted by Gasteiger charge is 2.21. The molecule has 3 aromatic rings. The van der Waals surface area contributed by atoms with Crippen LogP contribution in [-0.2, 0) is 9.53 Å². The summed E-state index contributed by atoms with van der Waals surface area (Å²) in [7, 11) is 1.29. The summed E-state index contributed by atoms with van der Waals surface area (Å²) >= 11 is 1.21. The van der Waals surface area contributed by atoms with E-state index in [1.54, 1.807) is 48.5 Å². The van der Waals surface area contributed by atoms with Crippen molar-refractivity contribution in [1.82, 2.24) is 4.98 Å². The number of pyridine rings is 1. The second-order valence-electron chi connectivity index (χ2n) is 6.53. The first-order valence-electron chi connectivity index (χ1n) is 9.25. The van der Waals surface area contributed by atoms with Crippen LogP contribution in [0.2, 0.25) is 0 Å². The molecule has 0 saturated heterocycles. The maximum Gasteiger partial charge on any atom is 0.337 e. The Balaban J connectivity index is 2.07. The second kappa shape index (κ2) is 9.65. The van der Waals surface area contributed by atoms with E-state index >= 15 is 0 Å². The van der Waals surface area contributed by atoms with Gasteiger partial charge in [-0.3, -0.25) is 4.79 Å². The lowest BCUT2D eigenvalue weighted by Gasteiger charge is -2.13. The van der Waals surface area contributed by atoms with Crippen LogP contribution in [0.5, 0.6) is 0 Å². The smallest absolute Gasteiger partial charge is 0.337 e. The van der Waals surface area contributed by atoms with Gasteiger partial charge in [0.25, 0.3) is 0 Å². The van der Waals surface area contributed by atoms with Crippen LogP contribution in [0, 0.1) is 22.7 Å². The fourth-order valence-corrected chi connectivity index (χ4v) is 3.86. The summed E-state index contributed by atoms with van der Waals surface area (Å²) in [6.07, 6.45) is 0. The number of amides is 1. The third kappa shape index (κ3) is 4.69. The summed E-state index contributed by atoms with van der Waals surface area (Å²) in [6, 6.07) is 17.5. The van der Waals surface area contributed by atoms with E-state index in [-0.39, 0.29) is 22.9 Å². The maximum absolute atomic E-state index is 11.7. The van der Waals surface area contributed by atoms with Crippen molar-refractivity contribution in [3.8, 4) is 23.3 Å². The number of aromatic nitrogens is 1. The Bertz CT molecular complexity index is 1270. The molecule has 2 aromatic carbocycles. The van der Waals surface area contributed by atoms with Crippen molar-refractivity contribution in [3.05, 3.63) is 65.2 Å². The number of nitrogen functional groups attached to an aromatic ring is 1. The molecule has 0 saturated carbocycles. The zero-order valence-electron chi connectivity index (χ0n) is 17.2. The fourth-order valence-electron chi connectivity index (χ4n) is 2.97. The molecule has 158 valence electrons. The van der Waals surface area contributed by atoms with Gasteiger partial charge in [0.1, 0.15) is 28.5 Å². The largest absolute Gasteiger partial charge is 0.465 e. The van der Waals surface area contributed by atoms with Gasteiger partial charge in [-0.1, -0.05) is 23.9 Å². The third-order valence-electron chi connectivity index (χ3n) is 4.40. The number of rotatable bonds is 5. The molecule has 0 unspecified atom stereocenters. The van der Waals surface area contributed by atoms with Gasteiger partial charge in [-0.15, -0.1) is 0 Å². The molecule has 9 heteroatoms. The quantitative estimate of drug-likeness (QED) is 0.564. The number of benzene rings is 2. The average Bonchev–Trinajstić information content (AvgIpc) is 2.79. The number of anilines is 2. The van der Waals surface area contributed by atoms with Crippen LogP contribution in [0.1, 0.15) is 28.4 Å². The van der Waals surface area contributed by atoms with Gasteiger partial charge in [0, 0.05) is 23.1 Å². The zero-order chi connectivity index (χ0) is 23.3. The molecule has 1 aromatic heterocycles. The molecular formula is C23H17N5O3S. The first-order chi connectivity index (χ1) is 15.4. The summed E-state index contributed by atoms with van der Waals surface area (Å²) < 4.78 is 4.71. The number of nitrogens with two attached hydrogens (primary N) is 1. The van der Waals surface area contributed by atoms with E-state index < -0.39 is 5.97 Å². The highest BCUT2D eigenvalue weighted by Crippen LogP contribution is 2.38. The fraction of sp³-hybridized carbons (Fsp3) is 0.0870. The average molecular weight is 443 g/mol. The summed E-state index contributed by atoms with van der Waals surface area (Å²) in [5.74, 6) is -0.678. The maximum atomic E-state index is 11.7. The Morgan fingerprint density at radius 3 is 2.19 bits per heavy atom. The molecule has 0 fully saturated rings. The van der Waals surface area contributed by atoms with E-state index in [1.165, 1.54) is 25.8 Å². The zero-order valence-corrected chi connectivity index (χ0v) is 18.0. The minimum absolute atomic E-state index is 0.00379. The van der Waals surface area contributed by atoms with E-state index in [0.29, 0.717) is 27.4 Å². The molecule has 0 aliphatic carbocycles. The molecule has 8 nitrogen and oxygen atoms in total. The van der Waals surface area contributed by atoms with Gasteiger partial charge in [-0.25, -0.2) is 9.78 Å². The third-order valence-corrected chi connectivity index (χ3v) is 5.40. The molecule has 0 aliphatic rings. The normalized spacial score (nSPS) is 10.0. The van der Waals surface area contributed by atoms with Crippen LogP contribution < -0.4 is 11.1 Å². The van der Waals surface area contributed by atoms with Crippen LogP contribution in [0.15, 0.2) is 58.5 Å². The number of nitrogens with zero attached hydrogens (tertiary/aromatic N) is 3. The minimum atomic E-state index is -0.495. The Hall–Kier alpha value is -4.34. The number of esters is 1. The van der Waals surface area contributed by atoms with E-state index in [4.69, 9.17) is 10.5 Å². The molecule has 3 rings (SSSR count). The highest BCUT2D eigenvalue weighted by atomic mass is 32.2. The Kier molecular flexibility index (Phi) is 6.74. The number of hydrogen-bond acceptors (Lipinski definition) is 8. The molecule has 0 atom stereocenters. The van der Waals surface area contributed by atoms with Gasteiger partial charge in [0.05, 0.1) is 18.2 Å². The molecule has 3 N–H and O–H groups in total. The first kappa shape index (κ1) is 22.3. The molecular weight excluding hydrogens is 426 g/mol. The van der Waals surface area contributed by atoms with Crippen LogP contribution in [-0.4, -0.2) is 24.0 Å². The molecule has 0 bridgehead atoms. The van der Waals surface area contributed by atoms with Gasteiger partial charge in [-0.05, 0) is 42.0 Å². The van der Waals surface area contributed by atoms with Crippen molar-refractivity contribution < 1.29 is 14.3 Å². The molecule has 0 spiro atoms. The summed E-state index contributed by atoms with van der Waals surface area (Å²) in [4.78, 5) is 27.9. The van der Waals surface area contributed by atoms with Gasteiger partial charge in [0.2, 0.25) is 5.91 Å². The predicted molar refractivity (Wildman–Crippen MR) is 120 cm³/mol. The number of ether oxygens (including phenoxy) is 1. The van der Waals surface area contributed by atoms with Crippen molar-refractivity contribution in [2.75, 3.05) is 18.2 Å². The van der Waals surface area contributed by atoms with Crippen LogP contribution in [0.4, 0.5) is 11.5 Å². The van der Waals surface area contributed by atoms with Crippen molar-refractivity contribution in [3.63, 3.8) is 0 Å². The minimum Gasteiger partial charge on any atom is -0.465 e. The summed E-state index contributed by atoms with van der Waals surface area (Å²) in [5, 5.41) is 22.6. The van der Waals surface area contributed by atoms with Gasteiger partial charge in [-0.2, -0.15) is 10.5 Å². The van der Waals surface area contributed by atoms with Crippen molar-refractivity contribution in [1.29, 1.82) is 10.5 Å². The molecule has 1 heterocycles. The van der Waals surface area contributed by atoms with E-state index in [1.807, 2.05) is 6.07 Å². The van der Waals surface area contributed by atoms with Crippen molar-refractivity contribution in [2.24, 2.45) is 0 Å². The lowest BCUT2D eigenvalue weighted by Crippen LogP contribution is -2.05. The molecule has 32 heavy (non-hydrogen) atoms. The molecule has 0 aliphatic heterocycles. The standard InChI is InChI=1S/C23H17N5O3S/c1-13(29)27-16-7-9-17(10-8-16)32-22-19(12-25)20(18(11-24)21(26)28-22)14-3-5-15(6-4-14)23(30)31-2/h3-10H,1-2H3,(H2,26,28)(H,27,29). The molecule has 1 amide bonds. The second-order valence-corrected chi connectivity index (χ2v) is 7.59.